The summed E-state index contributed by atoms with van der Waals surface area (Å²) in [7, 11) is 0. The van der Waals surface area contributed by atoms with E-state index in [2.05, 4.69) is 5.32 Å². The fraction of sp³-hybridized carbons (Fsp3) is 0.300. The lowest BCUT2D eigenvalue weighted by Gasteiger charge is -2.26. The van der Waals surface area contributed by atoms with E-state index >= 15 is 0 Å². The molecular formula is C20H22N2O2. The highest BCUT2D eigenvalue weighted by atomic mass is 16.2. The predicted octanol–water partition coefficient (Wildman–Crippen LogP) is 4.07. The Bertz CT molecular complexity index is 745. The highest BCUT2D eigenvalue weighted by molar-refractivity contribution is 6.04. The molecule has 1 heterocycles. The Hall–Kier alpha value is -2.62. The van der Waals surface area contributed by atoms with Crippen LogP contribution in [-0.2, 0) is 4.79 Å². The van der Waals surface area contributed by atoms with Crippen molar-refractivity contribution in [1.82, 2.24) is 0 Å². The van der Waals surface area contributed by atoms with Gasteiger partial charge in [-0.1, -0.05) is 17.2 Å². The summed E-state index contributed by atoms with van der Waals surface area (Å²) in [6.45, 7) is 4.73. The third kappa shape index (κ3) is 3.65. The molecule has 0 aromatic heterocycles. The van der Waals surface area contributed by atoms with Gasteiger partial charge in [-0.05, 0) is 63.1 Å². The number of rotatable bonds is 3. The number of carbonyl (C=O) groups is 2. The van der Waals surface area contributed by atoms with Crippen LogP contribution in [0.15, 0.2) is 42.5 Å². The molecular weight excluding hydrogens is 300 g/mol. The summed E-state index contributed by atoms with van der Waals surface area (Å²) in [5.74, 6) is 0.0527. The molecule has 4 heteroatoms. The quantitative estimate of drug-likeness (QED) is 0.926. The monoisotopic (exact) mass is 322 g/mol. The van der Waals surface area contributed by atoms with Crippen molar-refractivity contribution in [2.75, 3.05) is 16.8 Å². The number of benzene rings is 2. The summed E-state index contributed by atoms with van der Waals surface area (Å²) in [6.07, 6.45) is 2.63. The minimum absolute atomic E-state index is 0.122. The summed E-state index contributed by atoms with van der Waals surface area (Å²) >= 11 is 0. The van der Waals surface area contributed by atoms with Crippen molar-refractivity contribution < 1.29 is 9.59 Å². The van der Waals surface area contributed by atoms with Crippen LogP contribution in [-0.4, -0.2) is 18.4 Å². The molecule has 0 aliphatic carbocycles. The van der Waals surface area contributed by atoms with Crippen molar-refractivity contribution in [3.05, 3.63) is 59.2 Å². The van der Waals surface area contributed by atoms with Crippen LogP contribution in [0.5, 0.6) is 0 Å². The third-order valence-electron chi connectivity index (χ3n) is 4.24. The van der Waals surface area contributed by atoms with Gasteiger partial charge in [-0.25, -0.2) is 0 Å². The first-order valence-electron chi connectivity index (χ1n) is 8.33. The first-order chi connectivity index (χ1) is 11.5. The van der Waals surface area contributed by atoms with Crippen LogP contribution < -0.4 is 10.2 Å². The summed E-state index contributed by atoms with van der Waals surface area (Å²) < 4.78 is 0. The fourth-order valence-corrected chi connectivity index (χ4v) is 3.11. The van der Waals surface area contributed by atoms with Gasteiger partial charge in [0.15, 0.2) is 0 Å². The Morgan fingerprint density at radius 2 is 1.67 bits per heavy atom. The highest BCUT2D eigenvalue weighted by Crippen LogP contribution is 2.23. The zero-order valence-corrected chi connectivity index (χ0v) is 14.1. The van der Waals surface area contributed by atoms with E-state index in [1.165, 1.54) is 0 Å². The number of nitrogens with zero attached hydrogens (tertiary/aromatic N) is 1. The molecule has 1 fully saturated rings. The molecule has 0 saturated carbocycles. The fourth-order valence-electron chi connectivity index (χ4n) is 3.11. The number of hydrogen-bond acceptors (Lipinski definition) is 2. The molecule has 0 atom stereocenters. The summed E-state index contributed by atoms with van der Waals surface area (Å²) in [4.78, 5) is 26.2. The average Bonchev–Trinajstić information content (AvgIpc) is 2.55. The summed E-state index contributed by atoms with van der Waals surface area (Å²) in [5.41, 5.74) is 4.41. The zero-order chi connectivity index (χ0) is 17.1. The van der Waals surface area contributed by atoms with Gasteiger partial charge in [0, 0.05) is 29.9 Å². The number of amides is 2. The summed E-state index contributed by atoms with van der Waals surface area (Å²) in [6, 6.07) is 13.3. The van der Waals surface area contributed by atoms with E-state index in [9.17, 15) is 9.59 Å². The van der Waals surface area contributed by atoms with Crippen LogP contribution in [0.2, 0.25) is 0 Å². The number of hydrogen-bond donors (Lipinski definition) is 1. The molecule has 1 aliphatic rings. The lowest BCUT2D eigenvalue weighted by atomic mass is 10.1. The van der Waals surface area contributed by atoms with Crippen molar-refractivity contribution in [2.45, 2.75) is 33.1 Å². The standard InChI is InChI=1S/C20H22N2O2/c1-14-11-15(2)13-16(12-14)20(24)21-17-6-8-18(9-7-17)22-10-4-3-5-19(22)23/h6-9,11-13H,3-5,10H2,1-2H3,(H,21,24). The maximum absolute atomic E-state index is 12.4. The van der Waals surface area contributed by atoms with Gasteiger partial charge in [-0.2, -0.15) is 0 Å². The largest absolute Gasteiger partial charge is 0.322 e. The van der Waals surface area contributed by atoms with Gasteiger partial charge in [0.05, 0.1) is 0 Å². The van der Waals surface area contributed by atoms with Crippen LogP contribution in [0, 0.1) is 13.8 Å². The zero-order valence-electron chi connectivity index (χ0n) is 14.1. The Morgan fingerprint density at radius 1 is 1.00 bits per heavy atom. The van der Waals surface area contributed by atoms with Gasteiger partial charge in [-0.15, -0.1) is 0 Å². The van der Waals surface area contributed by atoms with Gasteiger partial charge in [0.25, 0.3) is 5.91 Å². The number of carbonyl (C=O) groups excluding carboxylic acids is 2. The number of nitrogens with one attached hydrogen (secondary N) is 1. The van der Waals surface area contributed by atoms with E-state index < -0.39 is 0 Å². The third-order valence-corrected chi connectivity index (χ3v) is 4.24. The second-order valence-electron chi connectivity index (χ2n) is 6.38. The first-order valence-corrected chi connectivity index (χ1v) is 8.33. The van der Waals surface area contributed by atoms with Gasteiger partial charge in [0.1, 0.15) is 0 Å². The van der Waals surface area contributed by atoms with E-state index in [4.69, 9.17) is 0 Å². The van der Waals surface area contributed by atoms with Gasteiger partial charge >= 0.3 is 0 Å². The van der Waals surface area contributed by atoms with E-state index in [1.54, 1.807) is 0 Å². The SMILES string of the molecule is Cc1cc(C)cc(C(=O)Nc2ccc(N3CCCCC3=O)cc2)c1. The van der Waals surface area contributed by atoms with E-state index in [-0.39, 0.29) is 11.8 Å². The summed E-state index contributed by atoms with van der Waals surface area (Å²) in [5, 5.41) is 2.91. The van der Waals surface area contributed by atoms with Crippen LogP contribution in [0.4, 0.5) is 11.4 Å². The van der Waals surface area contributed by atoms with Crippen LogP contribution in [0.25, 0.3) is 0 Å². The van der Waals surface area contributed by atoms with Gasteiger partial charge in [0.2, 0.25) is 5.91 Å². The highest BCUT2D eigenvalue weighted by Gasteiger charge is 2.19. The van der Waals surface area contributed by atoms with E-state index in [0.29, 0.717) is 12.0 Å². The lowest BCUT2D eigenvalue weighted by Crippen LogP contribution is -2.35. The van der Waals surface area contributed by atoms with Crippen molar-refractivity contribution >= 4 is 23.2 Å². The molecule has 124 valence electrons. The first kappa shape index (κ1) is 16.2. The van der Waals surface area contributed by atoms with Gasteiger partial charge in [-0.3, -0.25) is 9.59 Å². The number of anilines is 2. The smallest absolute Gasteiger partial charge is 0.255 e. The molecule has 2 amide bonds. The van der Waals surface area contributed by atoms with Crippen molar-refractivity contribution in [3.8, 4) is 0 Å². The molecule has 3 rings (SSSR count). The normalized spacial score (nSPS) is 14.6. The van der Waals surface area contributed by atoms with Crippen molar-refractivity contribution in [3.63, 3.8) is 0 Å². The Kier molecular flexibility index (Phi) is 4.65. The second kappa shape index (κ2) is 6.87. The minimum atomic E-state index is -0.122. The predicted molar refractivity (Wildman–Crippen MR) is 96.5 cm³/mol. The lowest BCUT2D eigenvalue weighted by molar-refractivity contribution is -0.119. The number of piperidine rings is 1. The number of aryl methyl sites for hydroxylation is 2. The van der Waals surface area contributed by atoms with E-state index in [0.717, 1.165) is 41.9 Å². The molecule has 0 unspecified atom stereocenters. The van der Waals surface area contributed by atoms with Crippen LogP contribution in [0.1, 0.15) is 40.7 Å². The Balaban J connectivity index is 1.71. The molecule has 1 aliphatic heterocycles. The maximum atomic E-state index is 12.4. The topological polar surface area (TPSA) is 49.4 Å². The van der Waals surface area contributed by atoms with Gasteiger partial charge < -0.3 is 10.2 Å². The van der Waals surface area contributed by atoms with Crippen LogP contribution in [0.3, 0.4) is 0 Å². The molecule has 1 N–H and O–H groups in total. The molecule has 1 saturated heterocycles. The molecule has 24 heavy (non-hydrogen) atoms. The second-order valence-corrected chi connectivity index (χ2v) is 6.38. The molecule has 4 nitrogen and oxygen atoms in total. The Morgan fingerprint density at radius 3 is 2.29 bits per heavy atom. The molecule has 2 aromatic rings. The molecule has 0 radical (unpaired) electrons. The Labute approximate surface area is 142 Å². The molecule has 0 bridgehead atoms. The van der Waals surface area contributed by atoms with Crippen molar-refractivity contribution in [2.24, 2.45) is 0 Å². The van der Waals surface area contributed by atoms with Crippen molar-refractivity contribution in [1.29, 1.82) is 0 Å². The van der Waals surface area contributed by atoms with E-state index in [1.807, 2.05) is 61.2 Å². The molecule has 2 aromatic carbocycles. The minimum Gasteiger partial charge on any atom is -0.322 e. The van der Waals surface area contributed by atoms with Crippen LogP contribution >= 0.6 is 0 Å². The molecule has 0 spiro atoms. The maximum Gasteiger partial charge on any atom is 0.255 e. The average molecular weight is 322 g/mol.